The summed E-state index contributed by atoms with van der Waals surface area (Å²) in [5, 5.41) is 6.68. The van der Waals surface area contributed by atoms with Crippen molar-refractivity contribution in [3.63, 3.8) is 0 Å². The highest BCUT2D eigenvalue weighted by molar-refractivity contribution is 5.96. The predicted molar refractivity (Wildman–Crippen MR) is 85.3 cm³/mol. The Bertz CT molecular complexity index is 526. The van der Waals surface area contributed by atoms with Crippen molar-refractivity contribution < 1.29 is 4.79 Å². The first-order valence-electron chi connectivity index (χ1n) is 8.29. The van der Waals surface area contributed by atoms with Gasteiger partial charge in [0.1, 0.15) is 0 Å². The Morgan fingerprint density at radius 1 is 1.29 bits per heavy atom. The molecular formula is C18H26N2O. The molecule has 0 aromatic heterocycles. The van der Waals surface area contributed by atoms with Crippen LogP contribution in [0, 0.1) is 11.8 Å². The van der Waals surface area contributed by atoms with Crippen LogP contribution < -0.4 is 10.6 Å². The number of rotatable bonds is 2. The summed E-state index contributed by atoms with van der Waals surface area (Å²) in [4.78, 5) is 12.7. The monoisotopic (exact) mass is 286 g/mol. The fourth-order valence-electron chi connectivity index (χ4n) is 3.78. The number of benzene rings is 1. The zero-order valence-electron chi connectivity index (χ0n) is 13.1. The van der Waals surface area contributed by atoms with Gasteiger partial charge in [-0.1, -0.05) is 38.8 Å². The van der Waals surface area contributed by atoms with Crippen LogP contribution in [0.25, 0.3) is 0 Å². The van der Waals surface area contributed by atoms with Gasteiger partial charge in [-0.2, -0.15) is 0 Å². The molecule has 1 heterocycles. The molecule has 3 heteroatoms. The van der Waals surface area contributed by atoms with Gasteiger partial charge in [-0.05, 0) is 48.4 Å². The predicted octanol–water partition coefficient (Wildman–Crippen LogP) is 2.89. The Kier molecular flexibility index (Phi) is 4.29. The molecule has 3 unspecified atom stereocenters. The Balaban J connectivity index is 1.76. The van der Waals surface area contributed by atoms with Gasteiger partial charge < -0.3 is 10.6 Å². The van der Waals surface area contributed by atoms with Crippen molar-refractivity contribution >= 4 is 5.91 Å². The van der Waals surface area contributed by atoms with Crippen LogP contribution in [-0.4, -0.2) is 18.5 Å². The van der Waals surface area contributed by atoms with Gasteiger partial charge in [-0.15, -0.1) is 0 Å². The minimum absolute atomic E-state index is 0.125. The number of hydrogen-bond acceptors (Lipinski definition) is 2. The van der Waals surface area contributed by atoms with E-state index in [2.05, 4.69) is 30.5 Å². The third-order valence-corrected chi connectivity index (χ3v) is 5.41. The Hall–Kier alpha value is -1.35. The van der Waals surface area contributed by atoms with E-state index in [1.807, 2.05) is 12.1 Å². The van der Waals surface area contributed by atoms with Crippen molar-refractivity contribution in [2.75, 3.05) is 6.54 Å². The maximum atomic E-state index is 12.7. The Morgan fingerprint density at radius 3 is 3.00 bits per heavy atom. The normalized spacial score (nSPS) is 28.8. The van der Waals surface area contributed by atoms with Gasteiger partial charge in [0, 0.05) is 18.2 Å². The van der Waals surface area contributed by atoms with E-state index in [-0.39, 0.29) is 5.91 Å². The van der Waals surface area contributed by atoms with E-state index in [0.29, 0.717) is 17.9 Å². The molecule has 21 heavy (non-hydrogen) atoms. The fourth-order valence-corrected chi connectivity index (χ4v) is 3.78. The summed E-state index contributed by atoms with van der Waals surface area (Å²) in [6, 6.07) is 6.45. The molecule has 3 nitrogen and oxygen atoms in total. The second kappa shape index (κ2) is 6.18. The number of fused-ring (bicyclic) bond motifs is 1. The van der Waals surface area contributed by atoms with Crippen molar-refractivity contribution in [3.05, 3.63) is 34.9 Å². The van der Waals surface area contributed by atoms with Gasteiger partial charge in [0.25, 0.3) is 5.91 Å². The van der Waals surface area contributed by atoms with Gasteiger partial charge in [-0.3, -0.25) is 4.79 Å². The molecule has 0 saturated heterocycles. The summed E-state index contributed by atoms with van der Waals surface area (Å²) in [7, 11) is 0. The lowest BCUT2D eigenvalue weighted by Crippen LogP contribution is -2.44. The van der Waals surface area contributed by atoms with Crippen LogP contribution in [-0.2, 0) is 13.0 Å². The van der Waals surface area contributed by atoms with E-state index in [1.165, 1.54) is 24.0 Å². The number of nitrogens with one attached hydrogen (secondary N) is 2. The average Bonchev–Trinajstić information content (AvgIpc) is 2.51. The quantitative estimate of drug-likeness (QED) is 0.877. The molecule has 114 valence electrons. The van der Waals surface area contributed by atoms with Crippen LogP contribution in [0.1, 0.15) is 54.6 Å². The molecule has 1 aromatic carbocycles. The smallest absolute Gasteiger partial charge is 0.251 e. The molecule has 1 saturated carbocycles. The number of amides is 1. The Labute approximate surface area is 127 Å². The van der Waals surface area contributed by atoms with Crippen LogP contribution in [0.2, 0.25) is 0 Å². The highest BCUT2D eigenvalue weighted by atomic mass is 16.1. The van der Waals surface area contributed by atoms with E-state index >= 15 is 0 Å². The molecule has 1 aliphatic carbocycles. The maximum Gasteiger partial charge on any atom is 0.251 e. The van der Waals surface area contributed by atoms with Gasteiger partial charge in [-0.25, -0.2) is 0 Å². The average molecular weight is 286 g/mol. The molecule has 2 aliphatic rings. The lowest BCUT2D eigenvalue weighted by atomic mass is 9.78. The largest absolute Gasteiger partial charge is 0.349 e. The molecule has 1 aromatic rings. The van der Waals surface area contributed by atoms with Crippen molar-refractivity contribution in [2.45, 2.75) is 52.1 Å². The molecular weight excluding hydrogens is 260 g/mol. The van der Waals surface area contributed by atoms with Gasteiger partial charge in [0.2, 0.25) is 0 Å². The van der Waals surface area contributed by atoms with Gasteiger partial charge >= 0.3 is 0 Å². The van der Waals surface area contributed by atoms with Crippen LogP contribution in [0.5, 0.6) is 0 Å². The summed E-state index contributed by atoms with van der Waals surface area (Å²) >= 11 is 0. The van der Waals surface area contributed by atoms with E-state index in [9.17, 15) is 4.79 Å². The summed E-state index contributed by atoms with van der Waals surface area (Å²) in [6.07, 6.45) is 4.59. The van der Waals surface area contributed by atoms with Crippen LogP contribution >= 0.6 is 0 Å². The fraction of sp³-hybridized carbons (Fsp3) is 0.611. The lowest BCUT2D eigenvalue weighted by molar-refractivity contribution is 0.0890. The highest BCUT2D eigenvalue weighted by Crippen LogP contribution is 2.30. The standard InChI is InChI=1S/C18H26N2O/c1-12-5-3-8-17(13(12)2)20-18(21)16-7-4-6-14-11-19-10-9-15(14)16/h4,6-7,12-13,17,19H,3,5,8-11H2,1-2H3,(H,20,21). The zero-order chi connectivity index (χ0) is 14.8. The Morgan fingerprint density at radius 2 is 2.14 bits per heavy atom. The summed E-state index contributed by atoms with van der Waals surface area (Å²) in [6.45, 7) is 6.43. The zero-order valence-corrected chi connectivity index (χ0v) is 13.1. The van der Waals surface area contributed by atoms with Gasteiger partial charge in [0.05, 0.1) is 0 Å². The number of carbonyl (C=O) groups excluding carboxylic acids is 1. The molecule has 0 radical (unpaired) electrons. The third-order valence-electron chi connectivity index (χ3n) is 5.41. The summed E-state index contributed by atoms with van der Waals surface area (Å²) in [5.41, 5.74) is 3.41. The van der Waals surface area contributed by atoms with E-state index < -0.39 is 0 Å². The number of hydrogen-bond donors (Lipinski definition) is 2. The van der Waals surface area contributed by atoms with Crippen LogP contribution in [0.15, 0.2) is 18.2 Å². The second-order valence-electron chi connectivity index (χ2n) is 6.72. The second-order valence-corrected chi connectivity index (χ2v) is 6.72. The third kappa shape index (κ3) is 2.98. The first-order valence-corrected chi connectivity index (χ1v) is 8.29. The van der Waals surface area contributed by atoms with Crippen molar-refractivity contribution in [3.8, 4) is 0 Å². The molecule has 1 amide bonds. The first kappa shape index (κ1) is 14.6. The molecule has 2 N–H and O–H groups in total. The van der Waals surface area contributed by atoms with E-state index in [4.69, 9.17) is 0 Å². The SMILES string of the molecule is CC1CCCC(NC(=O)c2cccc3c2CCNC3)C1C. The first-order chi connectivity index (χ1) is 10.2. The molecule has 0 bridgehead atoms. The van der Waals surface area contributed by atoms with Gasteiger partial charge in [0.15, 0.2) is 0 Å². The molecule has 1 fully saturated rings. The summed E-state index contributed by atoms with van der Waals surface area (Å²) in [5.74, 6) is 1.40. The molecule has 0 spiro atoms. The van der Waals surface area contributed by atoms with E-state index in [1.54, 1.807) is 0 Å². The van der Waals surface area contributed by atoms with Crippen molar-refractivity contribution in [1.82, 2.24) is 10.6 Å². The minimum Gasteiger partial charge on any atom is -0.349 e. The van der Waals surface area contributed by atoms with E-state index in [0.717, 1.165) is 31.5 Å². The maximum absolute atomic E-state index is 12.7. The van der Waals surface area contributed by atoms with Crippen molar-refractivity contribution in [1.29, 1.82) is 0 Å². The number of carbonyl (C=O) groups is 1. The van der Waals surface area contributed by atoms with Crippen molar-refractivity contribution in [2.24, 2.45) is 11.8 Å². The minimum atomic E-state index is 0.125. The molecule has 3 atom stereocenters. The van der Waals surface area contributed by atoms with Crippen LogP contribution in [0.3, 0.4) is 0 Å². The molecule has 1 aliphatic heterocycles. The topological polar surface area (TPSA) is 41.1 Å². The highest BCUT2D eigenvalue weighted by Gasteiger charge is 2.29. The lowest BCUT2D eigenvalue weighted by Gasteiger charge is -2.35. The van der Waals surface area contributed by atoms with Crippen LogP contribution in [0.4, 0.5) is 0 Å². The summed E-state index contributed by atoms with van der Waals surface area (Å²) < 4.78 is 0. The molecule has 3 rings (SSSR count).